The van der Waals surface area contributed by atoms with Gasteiger partial charge in [-0.1, -0.05) is 27.7 Å². The first-order valence-corrected chi connectivity index (χ1v) is 6.08. The second kappa shape index (κ2) is 7.68. The van der Waals surface area contributed by atoms with Crippen LogP contribution in [0.15, 0.2) is 0 Å². The summed E-state index contributed by atoms with van der Waals surface area (Å²) in [5.41, 5.74) is 0. The van der Waals surface area contributed by atoms with E-state index in [-0.39, 0.29) is 25.7 Å². The molecule has 0 aliphatic heterocycles. The second-order valence-electron chi connectivity index (χ2n) is 3.52. The highest BCUT2D eigenvalue weighted by atomic mass is 16.9. The van der Waals surface area contributed by atoms with E-state index in [1.807, 2.05) is 0 Å². The lowest BCUT2D eigenvalue weighted by atomic mass is 10.3. The van der Waals surface area contributed by atoms with Gasteiger partial charge in [0.25, 0.3) is 0 Å². The third kappa shape index (κ3) is 5.16. The maximum absolute atomic E-state index is 11.3. The molecular formula is C12H20O6. The molecule has 0 aliphatic rings. The van der Waals surface area contributed by atoms with Crippen LogP contribution >= 0.6 is 0 Å². The van der Waals surface area contributed by atoms with Gasteiger partial charge in [-0.3, -0.25) is 14.4 Å². The Kier molecular flexibility index (Phi) is 7.00. The Morgan fingerprint density at radius 1 is 0.722 bits per heavy atom. The molecule has 0 saturated carbocycles. The van der Waals surface area contributed by atoms with Crippen molar-refractivity contribution >= 4 is 17.9 Å². The molecule has 6 heteroatoms. The molecule has 104 valence electrons. The predicted molar refractivity (Wildman–Crippen MR) is 62.2 cm³/mol. The van der Waals surface area contributed by atoms with E-state index in [9.17, 15) is 14.4 Å². The number of rotatable bonds is 7. The van der Waals surface area contributed by atoms with Gasteiger partial charge in [0.2, 0.25) is 0 Å². The highest BCUT2D eigenvalue weighted by Crippen LogP contribution is 2.22. The Balaban J connectivity index is 4.98. The first-order valence-electron chi connectivity index (χ1n) is 6.08. The number of carbonyl (C=O) groups is 3. The summed E-state index contributed by atoms with van der Waals surface area (Å²) < 4.78 is 14.9. The molecule has 0 aromatic rings. The third-order valence-corrected chi connectivity index (χ3v) is 2.11. The fourth-order valence-corrected chi connectivity index (χ4v) is 1.02. The summed E-state index contributed by atoms with van der Waals surface area (Å²) in [6.07, 6.45) is 0.315. The number of esters is 3. The van der Waals surface area contributed by atoms with Crippen LogP contribution in [0.4, 0.5) is 0 Å². The molecule has 0 bridgehead atoms. The zero-order valence-electron chi connectivity index (χ0n) is 11.3. The van der Waals surface area contributed by atoms with Gasteiger partial charge >= 0.3 is 23.9 Å². The summed E-state index contributed by atoms with van der Waals surface area (Å²) in [6.45, 7) is 6.36. The maximum Gasteiger partial charge on any atom is 0.423 e. The largest absolute Gasteiger partial charge is 0.423 e. The van der Waals surface area contributed by atoms with E-state index < -0.39 is 23.9 Å². The van der Waals surface area contributed by atoms with Crippen LogP contribution in [0.25, 0.3) is 0 Å². The summed E-state index contributed by atoms with van der Waals surface area (Å²) >= 11 is 0. The fourth-order valence-electron chi connectivity index (χ4n) is 1.02. The van der Waals surface area contributed by atoms with Gasteiger partial charge in [0.15, 0.2) is 0 Å². The van der Waals surface area contributed by atoms with Crippen molar-refractivity contribution in [3.8, 4) is 0 Å². The smallest absolute Gasteiger partial charge is 0.388 e. The van der Waals surface area contributed by atoms with Crippen LogP contribution < -0.4 is 0 Å². The van der Waals surface area contributed by atoms with Crippen molar-refractivity contribution in [2.75, 3.05) is 0 Å². The van der Waals surface area contributed by atoms with Crippen LogP contribution in [0.3, 0.4) is 0 Å². The maximum atomic E-state index is 11.3. The molecule has 6 nitrogen and oxygen atoms in total. The Bertz CT molecular complexity index is 264. The van der Waals surface area contributed by atoms with E-state index in [1.165, 1.54) is 0 Å². The SMILES string of the molecule is CCC(=O)OC(CC)(OC(=O)CC)OC(=O)CC. The molecule has 0 saturated heterocycles. The van der Waals surface area contributed by atoms with Crippen LogP contribution in [-0.4, -0.2) is 23.9 Å². The average molecular weight is 260 g/mol. The van der Waals surface area contributed by atoms with E-state index in [2.05, 4.69) is 0 Å². The number of carbonyl (C=O) groups excluding carboxylic acids is 3. The van der Waals surface area contributed by atoms with Crippen LogP contribution in [-0.2, 0) is 28.6 Å². The van der Waals surface area contributed by atoms with Gasteiger partial charge in [0.1, 0.15) is 0 Å². The van der Waals surface area contributed by atoms with Crippen LogP contribution in [0.2, 0.25) is 0 Å². The van der Waals surface area contributed by atoms with E-state index in [1.54, 1.807) is 27.7 Å². The Morgan fingerprint density at radius 2 is 1.00 bits per heavy atom. The molecule has 0 fully saturated rings. The molecule has 0 amide bonds. The molecule has 0 aromatic heterocycles. The summed E-state index contributed by atoms with van der Waals surface area (Å²) in [5.74, 6) is -3.76. The average Bonchev–Trinajstić information content (AvgIpc) is 2.37. The molecule has 0 aromatic carbocycles. The summed E-state index contributed by atoms with van der Waals surface area (Å²) in [4.78, 5) is 34.0. The summed E-state index contributed by atoms with van der Waals surface area (Å²) in [5, 5.41) is 0. The van der Waals surface area contributed by atoms with Crippen molar-refractivity contribution in [1.82, 2.24) is 0 Å². The van der Waals surface area contributed by atoms with E-state index >= 15 is 0 Å². The van der Waals surface area contributed by atoms with Crippen molar-refractivity contribution in [1.29, 1.82) is 0 Å². The lowest BCUT2D eigenvalue weighted by Crippen LogP contribution is -2.43. The van der Waals surface area contributed by atoms with E-state index in [4.69, 9.17) is 14.2 Å². The van der Waals surface area contributed by atoms with Crippen molar-refractivity contribution in [2.24, 2.45) is 0 Å². The van der Waals surface area contributed by atoms with E-state index in [0.29, 0.717) is 0 Å². The zero-order chi connectivity index (χ0) is 14.2. The Hall–Kier alpha value is -1.59. The van der Waals surface area contributed by atoms with Gasteiger partial charge in [0.05, 0.1) is 6.42 Å². The lowest BCUT2D eigenvalue weighted by molar-refractivity contribution is -0.330. The number of hydrogen-bond donors (Lipinski definition) is 0. The molecule has 0 spiro atoms. The Morgan fingerprint density at radius 3 is 1.17 bits per heavy atom. The summed E-state index contributed by atoms with van der Waals surface area (Å²) in [6, 6.07) is 0. The fraction of sp³-hybridized carbons (Fsp3) is 0.750. The van der Waals surface area contributed by atoms with Crippen LogP contribution in [0.1, 0.15) is 53.4 Å². The van der Waals surface area contributed by atoms with Gasteiger partial charge in [-0.15, -0.1) is 0 Å². The molecule has 0 radical (unpaired) electrons. The van der Waals surface area contributed by atoms with E-state index in [0.717, 1.165) is 0 Å². The molecule has 18 heavy (non-hydrogen) atoms. The third-order valence-electron chi connectivity index (χ3n) is 2.11. The molecule has 0 N–H and O–H groups in total. The van der Waals surface area contributed by atoms with Gasteiger partial charge in [-0.25, -0.2) is 0 Å². The molecular weight excluding hydrogens is 240 g/mol. The molecule has 0 atom stereocenters. The zero-order valence-corrected chi connectivity index (χ0v) is 11.3. The van der Waals surface area contributed by atoms with Gasteiger partial charge in [0, 0.05) is 19.3 Å². The predicted octanol–water partition coefficient (Wildman–Crippen LogP) is 1.91. The van der Waals surface area contributed by atoms with Gasteiger partial charge in [-0.2, -0.15) is 0 Å². The minimum absolute atomic E-state index is 0.0379. The van der Waals surface area contributed by atoms with Crippen LogP contribution in [0, 0.1) is 0 Å². The second-order valence-corrected chi connectivity index (χ2v) is 3.52. The van der Waals surface area contributed by atoms with Gasteiger partial charge < -0.3 is 14.2 Å². The van der Waals surface area contributed by atoms with Crippen molar-refractivity contribution in [3.63, 3.8) is 0 Å². The standard InChI is InChI=1S/C12H20O6/c1-5-9(13)16-12(8-4,17-10(14)6-2)18-11(15)7-3/h5-8H2,1-4H3. The molecule has 0 aliphatic carbocycles. The number of hydrogen-bond acceptors (Lipinski definition) is 6. The Labute approximate surface area is 107 Å². The topological polar surface area (TPSA) is 78.9 Å². The minimum Gasteiger partial charge on any atom is -0.388 e. The normalized spacial score (nSPS) is 10.7. The minimum atomic E-state index is -1.94. The first kappa shape index (κ1) is 16.4. The van der Waals surface area contributed by atoms with Crippen LogP contribution in [0.5, 0.6) is 0 Å². The quantitative estimate of drug-likeness (QED) is 0.514. The molecule has 0 rings (SSSR count). The highest BCUT2D eigenvalue weighted by molar-refractivity contribution is 5.73. The monoisotopic (exact) mass is 260 g/mol. The molecule has 0 heterocycles. The highest BCUT2D eigenvalue weighted by Gasteiger charge is 2.40. The van der Waals surface area contributed by atoms with Crippen molar-refractivity contribution in [2.45, 2.75) is 59.4 Å². The number of ether oxygens (including phenoxy) is 3. The first-order chi connectivity index (χ1) is 8.42. The molecule has 0 unspecified atom stereocenters. The summed E-state index contributed by atoms with van der Waals surface area (Å²) in [7, 11) is 0. The van der Waals surface area contributed by atoms with Gasteiger partial charge in [-0.05, 0) is 0 Å². The van der Waals surface area contributed by atoms with Crippen molar-refractivity contribution < 1.29 is 28.6 Å². The van der Waals surface area contributed by atoms with Crippen molar-refractivity contribution in [3.05, 3.63) is 0 Å². The lowest BCUT2D eigenvalue weighted by Gasteiger charge is -2.30.